The lowest BCUT2D eigenvalue weighted by Gasteiger charge is -2.20. The van der Waals surface area contributed by atoms with E-state index in [2.05, 4.69) is 0 Å². The number of hydrogen-bond donors (Lipinski definition) is 0. The van der Waals surface area contributed by atoms with E-state index in [-0.39, 0.29) is 58.1 Å². The Kier molecular flexibility index (Phi) is 8.82. The minimum Gasteiger partial charge on any atom is -0.490 e. The fourth-order valence-corrected chi connectivity index (χ4v) is 2.48. The summed E-state index contributed by atoms with van der Waals surface area (Å²) in [6, 6.07) is 3.89. The molecule has 0 bridgehead atoms. The number of hydrogen-bond acceptors (Lipinski definition) is 6. The van der Waals surface area contributed by atoms with Crippen LogP contribution in [0.3, 0.4) is 0 Å². The highest BCUT2D eigenvalue weighted by molar-refractivity contribution is 6.44. The molecule has 25 heavy (non-hydrogen) atoms. The van der Waals surface area contributed by atoms with Crippen molar-refractivity contribution in [2.75, 3.05) is 27.4 Å². The molecule has 0 fully saturated rings. The van der Waals surface area contributed by atoms with E-state index >= 15 is 0 Å². The lowest BCUT2D eigenvalue weighted by Crippen LogP contribution is -2.19. The largest absolute Gasteiger partial charge is 0.490 e. The Hall–Kier alpha value is -1.70. The number of methoxy groups -OCH3 is 2. The third kappa shape index (κ3) is 5.39. The van der Waals surface area contributed by atoms with E-state index in [0.717, 1.165) is 0 Å². The molecule has 0 radical (unpaired) electrons. The molecule has 0 aliphatic heterocycles. The minimum absolute atomic E-state index is 0.0124. The molecule has 1 aromatic carbocycles. The number of halogens is 2. The summed E-state index contributed by atoms with van der Waals surface area (Å²) in [7, 11) is 3.12. The second kappa shape index (κ2) is 10.3. The summed E-state index contributed by atoms with van der Waals surface area (Å²) in [4.78, 5) is 0. The zero-order valence-electron chi connectivity index (χ0n) is 14.6. The summed E-state index contributed by atoms with van der Waals surface area (Å²) in [5.41, 5.74) is -0.0313. The molecule has 1 aromatic rings. The van der Waals surface area contributed by atoms with Crippen molar-refractivity contribution < 1.29 is 18.9 Å². The summed E-state index contributed by atoms with van der Waals surface area (Å²) < 4.78 is 21.4. The average molecular weight is 387 g/mol. The molecule has 136 valence electrons. The molecule has 0 spiro atoms. The molecule has 0 N–H and O–H groups in total. The van der Waals surface area contributed by atoms with Crippen molar-refractivity contribution in [1.82, 2.24) is 0 Å². The Morgan fingerprint density at radius 3 is 2.04 bits per heavy atom. The highest BCUT2D eigenvalue weighted by Gasteiger charge is 2.26. The molecular formula is C17H20Cl2N2O4. The second-order valence-electron chi connectivity index (χ2n) is 5.33. The van der Waals surface area contributed by atoms with Crippen LogP contribution in [0.4, 0.5) is 0 Å². The third-order valence-electron chi connectivity index (χ3n) is 3.41. The number of ether oxygens (including phenoxy) is 4. The minimum atomic E-state index is -0.383. The van der Waals surface area contributed by atoms with Gasteiger partial charge in [-0.3, -0.25) is 0 Å². The van der Waals surface area contributed by atoms with Gasteiger partial charge in [0.05, 0.1) is 19.3 Å². The Balaban J connectivity index is 3.26. The maximum absolute atomic E-state index is 9.48. The van der Waals surface area contributed by atoms with E-state index in [4.69, 9.17) is 42.1 Å². The lowest BCUT2D eigenvalue weighted by atomic mass is 10.1. The van der Waals surface area contributed by atoms with Crippen molar-refractivity contribution in [3.8, 4) is 23.6 Å². The van der Waals surface area contributed by atoms with Gasteiger partial charge in [0.25, 0.3) is 0 Å². The summed E-state index contributed by atoms with van der Waals surface area (Å²) in [6.07, 6.45) is 0.180. The van der Waals surface area contributed by atoms with Crippen LogP contribution in [0.15, 0.2) is 0 Å². The first kappa shape index (κ1) is 21.3. The van der Waals surface area contributed by atoms with Gasteiger partial charge in [-0.25, -0.2) is 0 Å². The van der Waals surface area contributed by atoms with Gasteiger partial charge < -0.3 is 18.9 Å². The lowest BCUT2D eigenvalue weighted by molar-refractivity contribution is 0.0915. The fraction of sp³-hybridized carbons (Fsp3) is 0.529. The number of nitriles is 2. The van der Waals surface area contributed by atoms with E-state index in [0.29, 0.717) is 6.42 Å². The van der Waals surface area contributed by atoms with E-state index in [1.54, 1.807) is 14.0 Å². The van der Waals surface area contributed by atoms with Gasteiger partial charge in [0.1, 0.15) is 39.4 Å². The fourth-order valence-electron chi connectivity index (χ4n) is 2.02. The van der Waals surface area contributed by atoms with Crippen molar-refractivity contribution in [1.29, 1.82) is 10.5 Å². The highest BCUT2D eigenvalue weighted by atomic mass is 35.5. The smallest absolute Gasteiger partial charge is 0.159 e. The van der Waals surface area contributed by atoms with Crippen LogP contribution < -0.4 is 9.47 Å². The van der Waals surface area contributed by atoms with E-state index in [1.165, 1.54) is 7.11 Å². The molecule has 2 atom stereocenters. The van der Waals surface area contributed by atoms with Crippen molar-refractivity contribution >= 4 is 23.2 Å². The van der Waals surface area contributed by atoms with Gasteiger partial charge in [-0.15, -0.1) is 0 Å². The van der Waals surface area contributed by atoms with Crippen LogP contribution in [0, 0.1) is 22.7 Å². The Labute approximate surface area is 157 Å². The molecule has 0 saturated carbocycles. The Morgan fingerprint density at radius 2 is 1.52 bits per heavy atom. The molecule has 0 aliphatic rings. The normalized spacial score (nSPS) is 12.8. The Morgan fingerprint density at radius 1 is 0.960 bits per heavy atom. The molecule has 1 rings (SSSR count). The predicted molar refractivity (Wildman–Crippen MR) is 94.4 cm³/mol. The highest BCUT2D eigenvalue weighted by Crippen LogP contribution is 2.45. The van der Waals surface area contributed by atoms with Crippen molar-refractivity contribution in [2.45, 2.75) is 32.5 Å². The topological polar surface area (TPSA) is 84.5 Å². The van der Waals surface area contributed by atoms with Gasteiger partial charge >= 0.3 is 0 Å². The van der Waals surface area contributed by atoms with Crippen LogP contribution in [0.2, 0.25) is 10.0 Å². The molecular weight excluding hydrogens is 367 g/mol. The van der Waals surface area contributed by atoms with Gasteiger partial charge in [-0.1, -0.05) is 23.2 Å². The first-order chi connectivity index (χ1) is 11.9. The van der Waals surface area contributed by atoms with Gasteiger partial charge in [0.2, 0.25) is 0 Å². The molecule has 0 heterocycles. The molecule has 0 aliphatic carbocycles. The van der Waals surface area contributed by atoms with Crippen LogP contribution >= 0.6 is 23.2 Å². The third-order valence-corrected chi connectivity index (χ3v) is 4.23. The molecule has 2 unspecified atom stereocenters. The zero-order chi connectivity index (χ0) is 19.0. The maximum Gasteiger partial charge on any atom is 0.159 e. The molecule has 6 nitrogen and oxygen atoms in total. The zero-order valence-corrected chi connectivity index (χ0v) is 16.1. The first-order valence-electron chi connectivity index (χ1n) is 7.57. The van der Waals surface area contributed by atoms with Crippen molar-refractivity contribution in [3.63, 3.8) is 0 Å². The van der Waals surface area contributed by atoms with Crippen LogP contribution in [-0.4, -0.2) is 39.6 Å². The summed E-state index contributed by atoms with van der Waals surface area (Å²) in [6.45, 7) is 4.17. The second-order valence-corrected chi connectivity index (χ2v) is 6.08. The quantitative estimate of drug-likeness (QED) is 0.638. The van der Waals surface area contributed by atoms with E-state index < -0.39 is 0 Å². The van der Waals surface area contributed by atoms with Crippen molar-refractivity contribution in [2.24, 2.45) is 0 Å². The summed E-state index contributed by atoms with van der Waals surface area (Å²) >= 11 is 12.5. The maximum atomic E-state index is 9.48. The predicted octanol–water partition coefficient (Wildman–Crippen LogP) is 3.95. The standard InChI is InChI=1S/C17H20Cl2N2O4/c1-10(23-4)5-6-24-16-12(7-20)13(8-21)17(15(19)14(16)18)25-11(2)9-22-3/h10-11H,5-6,9H2,1-4H3. The van der Waals surface area contributed by atoms with Gasteiger partial charge in [0.15, 0.2) is 11.5 Å². The van der Waals surface area contributed by atoms with Gasteiger partial charge in [0, 0.05) is 20.6 Å². The number of rotatable bonds is 9. The van der Waals surface area contributed by atoms with Gasteiger partial charge in [-0.2, -0.15) is 10.5 Å². The van der Waals surface area contributed by atoms with E-state index in [1.807, 2.05) is 19.1 Å². The molecule has 0 saturated heterocycles. The Bertz CT molecular complexity index is 683. The SMILES string of the molecule is COCC(C)Oc1c(Cl)c(Cl)c(OCCC(C)OC)c(C#N)c1C#N. The summed E-state index contributed by atoms with van der Waals surface area (Å²) in [5.74, 6) is 0.119. The average Bonchev–Trinajstić information content (AvgIpc) is 2.60. The molecule has 0 amide bonds. The number of benzene rings is 1. The van der Waals surface area contributed by atoms with E-state index in [9.17, 15) is 10.5 Å². The van der Waals surface area contributed by atoms with Gasteiger partial charge in [-0.05, 0) is 13.8 Å². The van der Waals surface area contributed by atoms with Crippen molar-refractivity contribution in [3.05, 3.63) is 21.2 Å². The van der Waals surface area contributed by atoms with Crippen LogP contribution in [0.1, 0.15) is 31.4 Å². The first-order valence-corrected chi connectivity index (χ1v) is 8.33. The van der Waals surface area contributed by atoms with Crippen LogP contribution in [0.25, 0.3) is 0 Å². The number of nitrogens with zero attached hydrogens (tertiary/aromatic N) is 2. The summed E-state index contributed by atoms with van der Waals surface area (Å²) in [5, 5.41) is 19.0. The monoisotopic (exact) mass is 386 g/mol. The molecule has 8 heteroatoms. The molecule has 0 aromatic heterocycles. The van der Waals surface area contributed by atoms with Crippen LogP contribution in [0.5, 0.6) is 11.5 Å². The van der Waals surface area contributed by atoms with Crippen LogP contribution in [-0.2, 0) is 9.47 Å².